The molecule has 0 atom stereocenters. The lowest BCUT2D eigenvalue weighted by atomic mass is 10.0. The van der Waals surface area contributed by atoms with Crippen molar-refractivity contribution in [3.05, 3.63) is 66.7 Å². The van der Waals surface area contributed by atoms with E-state index < -0.39 is 0 Å². The van der Waals surface area contributed by atoms with Gasteiger partial charge in [-0.2, -0.15) is 5.26 Å². The summed E-state index contributed by atoms with van der Waals surface area (Å²) in [4.78, 5) is 17.2. The van der Waals surface area contributed by atoms with Crippen LogP contribution in [0.25, 0.3) is 21.7 Å². The number of H-pyrrole nitrogens is 1. The second kappa shape index (κ2) is 6.94. The van der Waals surface area contributed by atoms with Crippen LogP contribution in [0.3, 0.4) is 0 Å². The summed E-state index contributed by atoms with van der Waals surface area (Å²) in [6.07, 6.45) is 0.889. The Balaban J connectivity index is 2.22. The Morgan fingerprint density at radius 2 is 2.00 bits per heavy atom. The number of nitrogens with one attached hydrogen (secondary N) is 1. The first kappa shape index (κ1) is 17.0. The summed E-state index contributed by atoms with van der Waals surface area (Å²) >= 11 is 11.0. The number of pyridine rings is 1. The first-order valence-electron chi connectivity index (χ1n) is 7.25. The van der Waals surface area contributed by atoms with E-state index in [1.165, 1.54) is 4.88 Å². The zero-order valence-electron chi connectivity index (χ0n) is 12.7. The fraction of sp³-hybridized carbons (Fsp3) is 0.111. The standard InChI is InChI=1S/C18H12BrClN2OS/c1-2-16-14(19)8-17(24-16)12-7-15(22-18(23)13(12)9-21)10-3-5-11(20)6-4-10/h3-8H,2H2,1H3,(H,22,23). The minimum Gasteiger partial charge on any atom is -0.321 e. The van der Waals surface area contributed by atoms with Crippen molar-refractivity contribution in [3.63, 3.8) is 0 Å². The van der Waals surface area contributed by atoms with E-state index in [9.17, 15) is 10.1 Å². The van der Waals surface area contributed by atoms with Crippen molar-refractivity contribution in [3.8, 4) is 27.8 Å². The van der Waals surface area contributed by atoms with Gasteiger partial charge < -0.3 is 4.98 Å². The zero-order valence-corrected chi connectivity index (χ0v) is 15.8. The highest BCUT2D eigenvalue weighted by molar-refractivity contribution is 9.10. The summed E-state index contributed by atoms with van der Waals surface area (Å²) in [5, 5.41) is 10.0. The lowest BCUT2D eigenvalue weighted by Gasteiger charge is -2.06. The van der Waals surface area contributed by atoms with Crippen LogP contribution in [0.5, 0.6) is 0 Å². The van der Waals surface area contributed by atoms with Crippen LogP contribution >= 0.6 is 38.9 Å². The van der Waals surface area contributed by atoms with Gasteiger partial charge in [0.2, 0.25) is 0 Å². The van der Waals surface area contributed by atoms with Crippen LogP contribution in [0.4, 0.5) is 0 Å². The van der Waals surface area contributed by atoms with Crippen LogP contribution in [0, 0.1) is 11.3 Å². The van der Waals surface area contributed by atoms with Gasteiger partial charge in [-0.3, -0.25) is 4.79 Å². The number of aryl methyl sites for hydroxylation is 1. The average Bonchev–Trinajstić information content (AvgIpc) is 2.95. The van der Waals surface area contributed by atoms with E-state index in [1.54, 1.807) is 23.5 Å². The number of halogens is 2. The highest BCUT2D eigenvalue weighted by Gasteiger charge is 2.16. The molecule has 120 valence electrons. The van der Waals surface area contributed by atoms with Gasteiger partial charge in [-0.15, -0.1) is 11.3 Å². The number of aromatic amines is 1. The Bertz CT molecular complexity index is 999. The van der Waals surface area contributed by atoms with Crippen LogP contribution in [0.2, 0.25) is 5.02 Å². The fourth-order valence-corrected chi connectivity index (χ4v) is 4.47. The minimum absolute atomic E-state index is 0.129. The smallest absolute Gasteiger partial charge is 0.267 e. The Labute approximate surface area is 156 Å². The van der Waals surface area contributed by atoms with Gasteiger partial charge in [0.05, 0.1) is 0 Å². The molecular weight excluding hydrogens is 408 g/mol. The first-order valence-corrected chi connectivity index (χ1v) is 9.24. The van der Waals surface area contributed by atoms with Crippen molar-refractivity contribution in [2.24, 2.45) is 0 Å². The Hall–Kier alpha value is -1.87. The largest absolute Gasteiger partial charge is 0.321 e. The highest BCUT2D eigenvalue weighted by atomic mass is 79.9. The third-order valence-corrected chi connectivity index (χ3v) is 6.18. The molecule has 3 nitrogen and oxygen atoms in total. The molecule has 0 saturated carbocycles. The molecule has 0 bridgehead atoms. The second-order valence-electron chi connectivity index (χ2n) is 5.15. The van der Waals surface area contributed by atoms with Gasteiger partial charge in [-0.1, -0.05) is 30.7 Å². The first-order chi connectivity index (χ1) is 11.5. The SMILES string of the molecule is CCc1sc(-c2cc(-c3ccc(Cl)cc3)[nH]c(=O)c2C#N)cc1Br. The van der Waals surface area contributed by atoms with Crippen molar-refractivity contribution in [1.29, 1.82) is 5.26 Å². The molecule has 0 saturated heterocycles. The van der Waals surface area contributed by atoms with Crippen molar-refractivity contribution < 1.29 is 0 Å². The number of aromatic nitrogens is 1. The molecule has 1 aromatic carbocycles. The van der Waals surface area contributed by atoms with E-state index in [1.807, 2.05) is 30.3 Å². The zero-order chi connectivity index (χ0) is 17.3. The van der Waals surface area contributed by atoms with E-state index >= 15 is 0 Å². The molecule has 0 aliphatic heterocycles. The topological polar surface area (TPSA) is 56.6 Å². The predicted molar refractivity (Wildman–Crippen MR) is 103 cm³/mol. The van der Waals surface area contributed by atoms with E-state index in [-0.39, 0.29) is 11.1 Å². The molecule has 3 rings (SSSR count). The molecule has 0 fully saturated rings. The van der Waals surface area contributed by atoms with Gasteiger partial charge in [0.25, 0.3) is 5.56 Å². The summed E-state index contributed by atoms with van der Waals surface area (Å²) in [5.74, 6) is 0. The monoisotopic (exact) mass is 418 g/mol. The molecule has 2 heterocycles. The Morgan fingerprint density at radius 1 is 1.29 bits per heavy atom. The van der Waals surface area contributed by atoms with E-state index in [0.29, 0.717) is 16.3 Å². The number of nitriles is 1. The molecule has 1 N–H and O–H groups in total. The van der Waals surface area contributed by atoms with Crippen LogP contribution in [-0.4, -0.2) is 4.98 Å². The number of thiophene rings is 1. The summed E-state index contributed by atoms with van der Waals surface area (Å²) in [6.45, 7) is 2.07. The molecule has 6 heteroatoms. The van der Waals surface area contributed by atoms with Gasteiger partial charge in [-0.25, -0.2) is 0 Å². The molecule has 0 radical (unpaired) electrons. The van der Waals surface area contributed by atoms with Crippen molar-refractivity contribution in [2.45, 2.75) is 13.3 Å². The summed E-state index contributed by atoms with van der Waals surface area (Å²) in [7, 11) is 0. The summed E-state index contributed by atoms with van der Waals surface area (Å²) in [6, 6.07) is 13.0. The summed E-state index contributed by atoms with van der Waals surface area (Å²) in [5.41, 5.74) is 1.89. The maximum atomic E-state index is 12.4. The molecule has 0 aliphatic rings. The molecule has 24 heavy (non-hydrogen) atoms. The molecule has 0 aliphatic carbocycles. The highest BCUT2D eigenvalue weighted by Crippen LogP contribution is 2.37. The van der Waals surface area contributed by atoms with Gasteiger partial charge >= 0.3 is 0 Å². The number of hydrogen-bond donors (Lipinski definition) is 1. The molecular formula is C18H12BrClN2OS. The predicted octanol–water partition coefficient (Wildman–Crippen LogP) is 5.62. The lowest BCUT2D eigenvalue weighted by Crippen LogP contribution is -2.12. The van der Waals surface area contributed by atoms with Crippen LogP contribution in [0.15, 0.2) is 45.7 Å². The maximum absolute atomic E-state index is 12.4. The van der Waals surface area contributed by atoms with Crippen molar-refractivity contribution >= 4 is 38.9 Å². The van der Waals surface area contributed by atoms with E-state index in [2.05, 4.69) is 27.8 Å². The summed E-state index contributed by atoms with van der Waals surface area (Å²) < 4.78 is 1.00. The molecule has 0 amide bonds. The van der Waals surface area contributed by atoms with E-state index in [4.69, 9.17) is 11.6 Å². The van der Waals surface area contributed by atoms with Gasteiger partial charge in [-0.05, 0) is 52.2 Å². The fourth-order valence-electron chi connectivity index (χ4n) is 2.43. The second-order valence-corrected chi connectivity index (χ2v) is 7.58. The van der Waals surface area contributed by atoms with Gasteiger partial charge in [0.1, 0.15) is 11.6 Å². The Morgan fingerprint density at radius 3 is 2.58 bits per heavy atom. The normalized spacial score (nSPS) is 10.6. The molecule has 0 unspecified atom stereocenters. The third kappa shape index (κ3) is 3.18. The van der Waals surface area contributed by atoms with Crippen molar-refractivity contribution in [2.75, 3.05) is 0 Å². The van der Waals surface area contributed by atoms with Gasteiger partial charge in [0, 0.05) is 30.5 Å². The van der Waals surface area contributed by atoms with Crippen molar-refractivity contribution in [1.82, 2.24) is 4.98 Å². The van der Waals surface area contributed by atoms with E-state index in [0.717, 1.165) is 21.3 Å². The maximum Gasteiger partial charge on any atom is 0.267 e. The quantitative estimate of drug-likeness (QED) is 0.599. The minimum atomic E-state index is -0.387. The molecule has 3 aromatic rings. The van der Waals surface area contributed by atoms with Crippen LogP contribution in [0.1, 0.15) is 17.4 Å². The van der Waals surface area contributed by atoms with Gasteiger partial charge in [0.15, 0.2) is 0 Å². The molecule has 0 spiro atoms. The lowest BCUT2D eigenvalue weighted by molar-refractivity contribution is 1.18. The van der Waals surface area contributed by atoms with Crippen LogP contribution < -0.4 is 5.56 Å². The molecule has 2 aromatic heterocycles. The number of hydrogen-bond acceptors (Lipinski definition) is 3. The Kier molecular flexibility index (Phi) is 4.91. The number of benzene rings is 1. The average molecular weight is 420 g/mol. The van der Waals surface area contributed by atoms with Crippen LogP contribution in [-0.2, 0) is 6.42 Å². The third-order valence-electron chi connectivity index (χ3n) is 3.64. The number of rotatable bonds is 3. The number of nitrogens with zero attached hydrogens (tertiary/aromatic N) is 1.